The van der Waals surface area contributed by atoms with Crippen molar-refractivity contribution in [1.29, 1.82) is 0 Å². The van der Waals surface area contributed by atoms with Gasteiger partial charge >= 0.3 is 0 Å². The number of halogens is 2. The third kappa shape index (κ3) is 3.04. The van der Waals surface area contributed by atoms with Crippen LogP contribution in [0.3, 0.4) is 0 Å². The van der Waals surface area contributed by atoms with Gasteiger partial charge in [0.1, 0.15) is 5.76 Å². The minimum absolute atomic E-state index is 0.0361. The van der Waals surface area contributed by atoms with Gasteiger partial charge in [-0.3, -0.25) is 4.79 Å². The van der Waals surface area contributed by atoms with Crippen LogP contribution in [0.2, 0.25) is 10.0 Å². The van der Waals surface area contributed by atoms with Crippen LogP contribution in [0, 0.1) is 0 Å². The maximum absolute atomic E-state index is 12.6. The number of benzene rings is 1. The molecule has 0 amide bonds. The number of aromatic nitrogens is 1. The Morgan fingerprint density at radius 2 is 1.82 bits per heavy atom. The molecule has 0 bridgehead atoms. The van der Waals surface area contributed by atoms with Gasteiger partial charge in [0.15, 0.2) is 15.6 Å². The summed E-state index contributed by atoms with van der Waals surface area (Å²) in [5.74, 6) is -0.0210. The van der Waals surface area contributed by atoms with Crippen LogP contribution in [0.5, 0.6) is 0 Å². The summed E-state index contributed by atoms with van der Waals surface area (Å²) < 4.78 is 28.3. The molecule has 0 aliphatic carbocycles. The van der Waals surface area contributed by atoms with Gasteiger partial charge in [-0.05, 0) is 12.1 Å². The lowest BCUT2D eigenvalue weighted by Gasteiger charge is -2.09. The van der Waals surface area contributed by atoms with E-state index in [0.717, 1.165) is 6.26 Å². The summed E-state index contributed by atoms with van der Waals surface area (Å²) in [4.78, 5) is 12.5. The molecular formula is C14H13Cl2NO4S. The second-order valence-electron chi connectivity index (χ2n) is 5.10. The highest BCUT2D eigenvalue weighted by atomic mass is 35.5. The van der Waals surface area contributed by atoms with Gasteiger partial charge in [-0.1, -0.05) is 42.2 Å². The third-order valence-electron chi connectivity index (χ3n) is 3.06. The lowest BCUT2D eigenvalue weighted by atomic mass is 9.99. The monoisotopic (exact) mass is 361 g/mol. The van der Waals surface area contributed by atoms with Crippen molar-refractivity contribution in [3.05, 3.63) is 45.3 Å². The van der Waals surface area contributed by atoms with E-state index in [1.165, 1.54) is 18.3 Å². The van der Waals surface area contributed by atoms with Crippen LogP contribution in [0.1, 0.15) is 41.4 Å². The molecule has 1 aromatic heterocycles. The molecule has 0 fully saturated rings. The number of nitrogens with zero attached hydrogens (tertiary/aromatic N) is 1. The third-order valence-corrected chi connectivity index (χ3v) is 5.19. The Balaban J connectivity index is 2.57. The predicted octanol–water partition coefficient (Wildman–Crippen LogP) is 3.74. The number of hydrogen-bond donors (Lipinski definition) is 0. The number of rotatable bonds is 4. The number of sulfone groups is 1. The van der Waals surface area contributed by atoms with Gasteiger partial charge in [0.25, 0.3) is 0 Å². The first kappa shape index (κ1) is 17.0. The molecule has 22 heavy (non-hydrogen) atoms. The highest BCUT2D eigenvalue weighted by Crippen LogP contribution is 2.34. The molecule has 118 valence electrons. The van der Waals surface area contributed by atoms with E-state index in [-0.39, 0.29) is 32.0 Å². The maximum atomic E-state index is 12.6. The topological polar surface area (TPSA) is 77.2 Å². The Morgan fingerprint density at radius 1 is 1.18 bits per heavy atom. The van der Waals surface area contributed by atoms with Crippen LogP contribution >= 0.6 is 23.2 Å². The molecule has 5 nitrogen and oxygen atoms in total. The smallest absolute Gasteiger partial charge is 0.199 e. The molecule has 0 radical (unpaired) electrons. The van der Waals surface area contributed by atoms with Crippen molar-refractivity contribution < 1.29 is 17.7 Å². The van der Waals surface area contributed by atoms with E-state index < -0.39 is 15.6 Å². The van der Waals surface area contributed by atoms with E-state index >= 15 is 0 Å². The summed E-state index contributed by atoms with van der Waals surface area (Å²) in [6, 6.07) is 2.60. The highest BCUT2D eigenvalue weighted by molar-refractivity contribution is 7.90. The Hall–Kier alpha value is -1.37. The molecule has 0 atom stereocenters. The van der Waals surface area contributed by atoms with Crippen molar-refractivity contribution in [2.75, 3.05) is 6.26 Å². The number of hydrogen-bond acceptors (Lipinski definition) is 5. The summed E-state index contributed by atoms with van der Waals surface area (Å²) in [7, 11) is -3.53. The summed E-state index contributed by atoms with van der Waals surface area (Å²) in [5, 5.41) is 3.36. The van der Waals surface area contributed by atoms with Crippen LogP contribution in [-0.2, 0) is 9.84 Å². The Labute approximate surface area is 138 Å². The maximum Gasteiger partial charge on any atom is 0.199 e. The first-order valence-electron chi connectivity index (χ1n) is 6.32. The summed E-state index contributed by atoms with van der Waals surface area (Å²) in [5.41, 5.74) is 0.379. The van der Waals surface area contributed by atoms with E-state index in [0.29, 0.717) is 5.76 Å². The molecule has 1 aromatic carbocycles. The quantitative estimate of drug-likeness (QED) is 0.775. The zero-order valence-corrected chi connectivity index (χ0v) is 14.4. The van der Waals surface area contributed by atoms with Gasteiger partial charge in [0.2, 0.25) is 0 Å². The average Bonchev–Trinajstić information content (AvgIpc) is 2.89. The van der Waals surface area contributed by atoms with Gasteiger partial charge in [0.05, 0.1) is 26.7 Å². The van der Waals surface area contributed by atoms with E-state index in [1.54, 1.807) is 0 Å². The normalized spacial score (nSPS) is 11.9. The molecular weight excluding hydrogens is 349 g/mol. The van der Waals surface area contributed by atoms with Crippen LogP contribution in [0.25, 0.3) is 0 Å². The average molecular weight is 362 g/mol. The minimum atomic E-state index is -3.53. The number of carbonyl (C=O) groups is 1. The van der Waals surface area contributed by atoms with Crippen molar-refractivity contribution in [3.63, 3.8) is 0 Å². The molecule has 0 spiro atoms. The first-order chi connectivity index (χ1) is 10.1. The van der Waals surface area contributed by atoms with Gasteiger partial charge in [-0.25, -0.2) is 8.42 Å². The van der Waals surface area contributed by atoms with E-state index in [1.807, 2.05) is 13.8 Å². The molecule has 0 saturated carbocycles. The minimum Gasteiger partial charge on any atom is -0.360 e. The molecule has 0 unspecified atom stereocenters. The van der Waals surface area contributed by atoms with Gasteiger partial charge < -0.3 is 4.52 Å². The SMILES string of the molecule is CC(C)c1oncc1C(=O)c1ccc(S(C)(=O)=O)c(Cl)c1Cl. The molecule has 2 rings (SSSR count). The molecule has 1 heterocycles. The van der Waals surface area contributed by atoms with E-state index in [2.05, 4.69) is 5.16 Å². The fourth-order valence-electron chi connectivity index (χ4n) is 1.97. The molecule has 0 saturated heterocycles. The fourth-order valence-corrected chi connectivity index (χ4v) is 3.61. The lowest BCUT2D eigenvalue weighted by Crippen LogP contribution is -2.07. The van der Waals surface area contributed by atoms with E-state index in [9.17, 15) is 13.2 Å². The molecule has 2 aromatic rings. The number of ketones is 1. The van der Waals surface area contributed by atoms with Gasteiger partial charge in [-0.15, -0.1) is 0 Å². The highest BCUT2D eigenvalue weighted by Gasteiger charge is 2.25. The summed E-state index contributed by atoms with van der Waals surface area (Å²) in [6.07, 6.45) is 2.33. The zero-order chi connectivity index (χ0) is 16.7. The van der Waals surface area contributed by atoms with Crippen LogP contribution in [0.15, 0.2) is 27.7 Å². The Kier molecular flexibility index (Phi) is 4.65. The molecule has 8 heteroatoms. The Bertz CT molecular complexity index is 841. The van der Waals surface area contributed by atoms with Crippen molar-refractivity contribution >= 4 is 38.8 Å². The standard InChI is InChI=1S/C14H13Cl2NO4S/c1-7(2)14-9(6-17-21-14)13(18)8-4-5-10(22(3,19)20)12(16)11(8)15/h4-7H,1-3H3. The van der Waals surface area contributed by atoms with Crippen LogP contribution < -0.4 is 0 Å². The van der Waals surface area contributed by atoms with Crippen LogP contribution in [-0.4, -0.2) is 25.6 Å². The second-order valence-corrected chi connectivity index (χ2v) is 7.84. The lowest BCUT2D eigenvalue weighted by molar-refractivity contribution is 0.103. The Morgan fingerprint density at radius 3 is 2.36 bits per heavy atom. The summed E-state index contributed by atoms with van der Waals surface area (Å²) in [6.45, 7) is 3.72. The van der Waals surface area contributed by atoms with Crippen LogP contribution in [0.4, 0.5) is 0 Å². The van der Waals surface area contributed by atoms with Crippen molar-refractivity contribution in [2.45, 2.75) is 24.7 Å². The van der Waals surface area contributed by atoms with Gasteiger partial charge in [0, 0.05) is 17.7 Å². The molecule has 0 aliphatic rings. The molecule has 0 aliphatic heterocycles. The van der Waals surface area contributed by atoms with Crippen molar-refractivity contribution in [2.24, 2.45) is 0 Å². The largest absolute Gasteiger partial charge is 0.360 e. The fraction of sp³-hybridized carbons (Fsp3) is 0.286. The van der Waals surface area contributed by atoms with Gasteiger partial charge in [-0.2, -0.15) is 0 Å². The van der Waals surface area contributed by atoms with E-state index in [4.69, 9.17) is 27.7 Å². The van der Waals surface area contributed by atoms with Crippen molar-refractivity contribution in [1.82, 2.24) is 5.16 Å². The molecule has 0 N–H and O–H groups in total. The van der Waals surface area contributed by atoms with Crippen molar-refractivity contribution in [3.8, 4) is 0 Å². The second kappa shape index (κ2) is 6.02. The predicted molar refractivity (Wildman–Crippen MR) is 83.6 cm³/mol. The zero-order valence-electron chi connectivity index (χ0n) is 12.1. The first-order valence-corrected chi connectivity index (χ1v) is 8.96. The summed E-state index contributed by atoms with van der Waals surface area (Å²) >= 11 is 12.1. The number of carbonyl (C=O) groups excluding carboxylic acids is 1.